The minimum Gasteiger partial charge on any atom is -0.537 e. The maximum absolute atomic E-state index is 11.3. The third-order valence-electron chi connectivity index (χ3n) is 1.38. The first kappa shape index (κ1) is 6.83. The lowest BCUT2D eigenvalue weighted by atomic mass is 10.2. The van der Waals surface area contributed by atoms with Gasteiger partial charge in [-0.15, -0.1) is 0 Å². The Balaban J connectivity index is 3.23. The molecule has 0 fully saturated rings. The molecule has 1 rings (SSSR count). The van der Waals surface area contributed by atoms with Gasteiger partial charge in [-0.3, -0.25) is 0 Å². The third kappa shape index (κ3) is 2.46. The standard InChI is InChI=1S/C8H9BNO4/c1-5-3-6(14-9-12)4-7(10-5)8(11)13-2/h3-4,12H,1-2H3/i1D3. The Morgan fingerprint density at radius 3 is 3.07 bits per heavy atom. The Labute approximate surface area is 86.2 Å². The number of hydrogen-bond acceptors (Lipinski definition) is 5. The van der Waals surface area contributed by atoms with E-state index in [0.717, 1.165) is 19.2 Å². The normalized spacial score (nSPS) is 13.4. The fourth-order valence-electron chi connectivity index (χ4n) is 0.844. The van der Waals surface area contributed by atoms with Crippen molar-refractivity contribution in [2.45, 2.75) is 6.85 Å². The van der Waals surface area contributed by atoms with Crippen molar-refractivity contribution in [1.82, 2.24) is 4.98 Å². The number of esters is 1. The van der Waals surface area contributed by atoms with Crippen molar-refractivity contribution >= 4 is 13.7 Å². The van der Waals surface area contributed by atoms with Crippen LogP contribution in [0.15, 0.2) is 12.1 Å². The summed E-state index contributed by atoms with van der Waals surface area (Å²) in [5, 5.41) is 8.48. The first-order chi connectivity index (χ1) is 7.88. The summed E-state index contributed by atoms with van der Waals surface area (Å²) < 4.78 is 30.6. The van der Waals surface area contributed by atoms with Crippen LogP contribution in [0.25, 0.3) is 0 Å². The molecule has 0 aromatic carbocycles. The lowest BCUT2D eigenvalue weighted by molar-refractivity contribution is 0.0593. The number of aryl methyl sites for hydroxylation is 1. The molecule has 14 heavy (non-hydrogen) atoms. The van der Waals surface area contributed by atoms with E-state index in [4.69, 9.17) is 9.14 Å². The fraction of sp³-hybridized carbons (Fsp3) is 0.250. The number of carbonyl (C=O) groups excluding carboxylic acids is 1. The maximum atomic E-state index is 11.3. The summed E-state index contributed by atoms with van der Waals surface area (Å²) >= 11 is 0. The van der Waals surface area contributed by atoms with E-state index in [2.05, 4.69) is 14.4 Å². The first-order valence-electron chi connectivity index (χ1n) is 5.12. The smallest absolute Gasteiger partial charge is 0.537 e. The van der Waals surface area contributed by atoms with Crippen LogP contribution in [0, 0.1) is 6.85 Å². The molecule has 1 radical (unpaired) electrons. The molecule has 5 nitrogen and oxygen atoms in total. The molecule has 0 amide bonds. The minimum atomic E-state index is -2.49. The van der Waals surface area contributed by atoms with Crippen molar-refractivity contribution in [3.8, 4) is 5.75 Å². The zero-order valence-corrected chi connectivity index (χ0v) is 7.35. The number of rotatable bonds is 3. The van der Waals surface area contributed by atoms with Gasteiger partial charge in [-0.25, -0.2) is 9.78 Å². The van der Waals surface area contributed by atoms with Gasteiger partial charge in [0, 0.05) is 15.9 Å². The number of ether oxygens (including phenoxy) is 1. The topological polar surface area (TPSA) is 68.7 Å². The van der Waals surface area contributed by atoms with Crippen LogP contribution in [0.4, 0.5) is 0 Å². The van der Waals surface area contributed by atoms with Crippen molar-refractivity contribution in [3.63, 3.8) is 0 Å². The molecule has 0 saturated heterocycles. The van der Waals surface area contributed by atoms with Gasteiger partial charge in [0.05, 0.1) is 7.11 Å². The van der Waals surface area contributed by atoms with Gasteiger partial charge in [-0.1, -0.05) is 0 Å². The molecule has 1 aromatic rings. The molecule has 1 N–H and O–H groups in total. The molecule has 0 saturated carbocycles. The van der Waals surface area contributed by atoms with E-state index in [-0.39, 0.29) is 17.1 Å². The summed E-state index contributed by atoms with van der Waals surface area (Å²) in [6.45, 7) is -2.49. The predicted octanol–water partition coefficient (Wildman–Crippen LogP) is 0.0819. The molecule has 1 heterocycles. The van der Waals surface area contributed by atoms with Crippen LogP contribution in [0.2, 0.25) is 0 Å². The van der Waals surface area contributed by atoms with Crippen molar-refractivity contribution in [3.05, 3.63) is 23.5 Å². The summed E-state index contributed by atoms with van der Waals surface area (Å²) in [5.74, 6) is -0.812. The van der Waals surface area contributed by atoms with Crippen LogP contribution in [0.1, 0.15) is 20.3 Å². The lowest BCUT2D eigenvalue weighted by Crippen LogP contribution is -2.07. The first-order valence-corrected chi connectivity index (χ1v) is 3.62. The van der Waals surface area contributed by atoms with Gasteiger partial charge in [0.1, 0.15) is 5.75 Å². The summed E-state index contributed by atoms with van der Waals surface area (Å²) in [5.41, 5.74) is -0.532. The molecule has 6 heteroatoms. The van der Waals surface area contributed by atoms with Crippen LogP contribution in [0.3, 0.4) is 0 Å². The minimum absolute atomic E-state index is 0.0194. The molecular formula is C8H9BNO4. The monoisotopic (exact) mass is 197 g/mol. The fourth-order valence-corrected chi connectivity index (χ4v) is 0.844. The summed E-state index contributed by atoms with van der Waals surface area (Å²) in [6.07, 6.45) is 0. The van der Waals surface area contributed by atoms with Crippen molar-refractivity contribution in [1.29, 1.82) is 0 Å². The van der Waals surface area contributed by atoms with Gasteiger partial charge in [-0.2, -0.15) is 0 Å². The SMILES string of the molecule is [2H]C([2H])([2H])c1cc(O[B]O)cc(C(=O)OC)n1. The van der Waals surface area contributed by atoms with E-state index in [1.807, 2.05) is 0 Å². The molecule has 0 atom stereocenters. The lowest BCUT2D eigenvalue weighted by Gasteiger charge is -2.05. The molecule has 0 aliphatic heterocycles. The summed E-state index contributed by atoms with van der Waals surface area (Å²) in [6, 6.07) is 2.26. The number of nitrogens with zero attached hydrogens (tertiary/aromatic N) is 1. The number of carbonyl (C=O) groups is 1. The molecule has 0 aliphatic carbocycles. The second-order valence-corrected chi connectivity index (χ2v) is 2.29. The van der Waals surface area contributed by atoms with E-state index in [1.165, 1.54) is 0 Å². The molecule has 1 aromatic heterocycles. The molecule has 0 unspecified atom stereocenters. The van der Waals surface area contributed by atoms with Gasteiger partial charge in [0.25, 0.3) is 0 Å². The van der Waals surface area contributed by atoms with Crippen LogP contribution in [-0.4, -0.2) is 30.8 Å². The number of pyridine rings is 1. The van der Waals surface area contributed by atoms with Crippen LogP contribution in [-0.2, 0) is 4.74 Å². The maximum Gasteiger partial charge on any atom is 0.569 e. The zero-order chi connectivity index (χ0) is 13.1. The molecule has 0 spiro atoms. The number of methoxy groups -OCH3 is 1. The second kappa shape index (κ2) is 4.62. The van der Waals surface area contributed by atoms with Crippen molar-refractivity contribution < 1.29 is 23.3 Å². The van der Waals surface area contributed by atoms with Crippen LogP contribution in [0.5, 0.6) is 5.75 Å². The number of hydrogen-bond donors (Lipinski definition) is 1. The largest absolute Gasteiger partial charge is 0.569 e. The third-order valence-corrected chi connectivity index (χ3v) is 1.38. The van der Waals surface area contributed by atoms with Gasteiger partial charge in [0.15, 0.2) is 5.69 Å². The predicted molar refractivity (Wildman–Crippen MR) is 48.9 cm³/mol. The zero-order valence-electron chi connectivity index (χ0n) is 10.4. The molecule has 0 bridgehead atoms. The Bertz CT molecular complexity index is 424. The Morgan fingerprint density at radius 1 is 1.71 bits per heavy atom. The van der Waals surface area contributed by atoms with Gasteiger partial charge in [-0.05, 0) is 12.9 Å². The second-order valence-electron chi connectivity index (χ2n) is 2.29. The number of aromatic nitrogens is 1. The molecular weight excluding hydrogens is 185 g/mol. The van der Waals surface area contributed by atoms with Crippen LogP contribution < -0.4 is 4.65 Å². The van der Waals surface area contributed by atoms with Crippen molar-refractivity contribution in [2.24, 2.45) is 0 Å². The highest BCUT2D eigenvalue weighted by Crippen LogP contribution is 2.13. The Hall–Kier alpha value is -1.56. The molecule has 0 aliphatic rings. The Kier molecular flexibility index (Phi) is 2.25. The van der Waals surface area contributed by atoms with Gasteiger partial charge in [0.2, 0.25) is 0 Å². The van der Waals surface area contributed by atoms with Gasteiger partial charge >= 0.3 is 13.7 Å². The quantitative estimate of drug-likeness (QED) is 0.548. The van der Waals surface area contributed by atoms with Crippen molar-refractivity contribution in [2.75, 3.05) is 7.11 Å². The van der Waals surface area contributed by atoms with E-state index < -0.39 is 12.8 Å². The highest BCUT2D eigenvalue weighted by Gasteiger charge is 2.09. The highest BCUT2D eigenvalue weighted by molar-refractivity contribution is 6.17. The Morgan fingerprint density at radius 2 is 2.50 bits per heavy atom. The highest BCUT2D eigenvalue weighted by atomic mass is 16.5. The molecule has 73 valence electrons. The van der Waals surface area contributed by atoms with E-state index in [0.29, 0.717) is 7.69 Å². The summed E-state index contributed by atoms with van der Waals surface area (Å²) in [7, 11) is 1.52. The summed E-state index contributed by atoms with van der Waals surface area (Å²) in [4.78, 5) is 14.9. The van der Waals surface area contributed by atoms with E-state index in [9.17, 15) is 4.79 Å². The van der Waals surface area contributed by atoms with Gasteiger partial charge < -0.3 is 14.4 Å². The van der Waals surface area contributed by atoms with E-state index >= 15 is 0 Å². The van der Waals surface area contributed by atoms with Crippen LogP contribution >= 0.6 is 0 Å². The van der Waals surface area contributed by atoms with E-state index in [1.54, 1.807) is 0 Å². The average Bonchev–Trinajstić information content (AvgIpc) is 2.27. The average molecular weight is 197 g/mol.